The maximum atomic E-state index is 13.3. The van der Waals surface area contributed by atoms with Gasteiger partial charge >= 0.3 is 0 Å². The van der Waals surface area contributed by atoms with E-state index >= 15 is 0 Å². The number of benzene rings is 4. The zero-order valence-electron chi connectivity index (χ0n) is 22.6. The molecule has 6 rings (SSSR count). The lowest BCUT2D eigenvalue weighted by molar-refractivity contribution is -0.123. The molecule has 5 nitrogen and oxygen atoms in total. The van der Waals surface area contributed by atoms with Crippen LogP contribution in [-0.2, 0) is 17.9 Å². The Kier molecular flexibility index (Phi) is 7.43. The van der Waals surface area contributed by atoms with Crippen molar-refractivity contribution < 1.29 is 14.3 Å². The largest absolute Gasteiger partial charge is 0.489 e. The number of ether oxygens (including phenoxy) is 1. The lowest BCUT2D eigenvalue weighted by Gasteiger charge is -2.14. The summed E-state index contributed by atoms with van der Waals surface area (Å²) >= 11 is 6.96. The molecule has 41 heavy (non-hydrogen) atoms. The number of amides is 2. The van der Waals surface area contributed by atoms with Crippen molar-refractivity contribution in [1.29, 1.82) is 0 Å². The van der Waals surface area contributed by atoms with Gasteiger partial charge in [-0.2, -0.15) is 0 Å². The molecule has 0 saturated carbocycles. The fraction of sp³-hybridized carbons (Fsp3) is 0.118. The van der Waals surface area contributed by atoms with E-state index in [4.69, 9.17) is 16.3 Å². The van der Waals surface area contributed by atoms with Crippen LogP contribution in [0.2, 0.25) is 5.02 Å². The summed E-state index contributed by atoms with van der Waals surface area (Å²) in [6.45, 7) is 4.75. The fourth-order valence-electron chi connectivity index (χ4n) is 5.15. The minimum Gasteiger partial charge on any atom is -0.489 e. The molecule has 5 aromatic rings. The molecule has 1 saturated heterocycles. The van der Waals surface area contributed by atoms with E-state index in [2.05, 4.69) is 4.57 Å². The Labute approximate surface area is 248 Å². The van der Waals surface area contributed by atoms with Crippen molar-refractivity contribution in [2.75, 3.05) is 0 Å². The summed E-state index contributed by atoms with van der Waals surface area (Å²) in [5.74, 6) is 0.506. The Hall–Kier alpha value is -4.26. The first-order valence-electron chi connectivity index (χ1n) is 13.3. The molecule has 0 atom stereocenters. The SMILES string of the molecule is Cc1cc(/C=C2/SC(=O)N(Cc3cccc4ccccc34)C2=O)c(C)n1-c1ccc(OCc2ccc(Cl)cc2)cc1. The van der Waals surface area contributed by atoms with E-state index in [1.165, 1.54) is 4.90 Å². The Morgan fingerprint density at radius 2 is 1.61 bits per heavy atom. The lowest BCUT2D eigenvalue weighted by Crippen LogP contribution is -2.27. The predicted octanol–water partition coefficient (Wildman–Crippen LogP) is 8.72. The molecule has 0 radical (unpaired) electrons. The molecule has 1 aromatic heterocycles. The van der Waals surface area contributed by atoms with Gasteiger partial charge in [0.1, 0.15) is 12.4 Å². The summed E-state index contributed by atoms with van der Waals surface area (Å²) in [5, 5.41) is 2.58. The number of imide groups is 1. The van der Waals surface area contributed by atoms with Crippen molar-refractivity contribution in [1.82, 2.24) is 9.47 Å². The highest BCUT2D eigenvalue weighted by molar-refractivity contribution is 8.18. The van der Waals surface area contributed by atoms with E-state index in [9.17, 15) is 9.59 Å². The molecule has 204 valence electrons. The molecule has 2 amide bonds. The van der Waals surface area contributed by atoms with Gasteiger partial charge in [0.15, 0.2) is 0 Å². The molecule has 1 aliphatic rings. The Morgan fingerprint density at radius 3 is 2.39 bits per heavy atom. The molecular formula is C34H27ClN2O3S. The number of thioether (sulfide) groups is 1. The fourth-order valence-corrected chi connectivity index (χ4v) is 6.10. The molecule has 0 bridgehead atoms. The number of hydrogen-bond acceptors (Lipinski definition) is 4. The van der Waals surface area contributed by atoms with Crippen molar-refractivity contribution in [2.24, 2.45) is 0 Å². The third kappa shape index (κ3) is 5.53. The van der Waals surface area contributed by atoms with Gasteiger partial charge in [0.2, 0.25) is 0 Å². The maximum absolute atomic E-state index is 13.3. The van der Waals surface area contributed by atoms with Gasteiger partial charge in [0.05, 0.1) is 11.4 Å². The van der Waals surface area contributed by atoms with E-state index < -0.39 is 0 Å². The molecule has 2 heterocycles. The van der Waals surface area contributed by atoms with Gasteiger partial charge in [-0.05, 0) is 102 Å². The number of hydrogen-bond donors (Lipinski definition) is 0. The van der Waals surface area contributed by atoms with Gasteiger partial charge in [0, 0.05) is 22.1 Å². The van der Waals surface area contributed by atoms with Crippen LogP contribution in [0.3, 0.4) is 0 Å². The van der Waals surface area contributed by atoms with Crippen molar-refractivity contribution in [3.63, 3.8) is 0 Å². The van der Waals surface area contributed by atoms with Crippen LogP contribution in [0, 0.1) is 13.8 Å². The van der Waals surface area contributed by atoms with E-state index in [1.807, 2.05) is 117 Å². The molecule has 0 unspecified atom stereocenters. The molecule has 1 aliphatic heterocycles. The molecule has 4 aromatic carbocycles. The number of carbonyl (C=O) groups is 2. The molecule has 0 N–H and O–H groups in total. The van der Waals surface area contributed by atoms with Crippen LogP contribution in [0.4, 0.5) is 4.79 Å². The van der Waals surface area contributed by atoms with Gasteiger partial charge < -0.3 is 9.30 Å². The Balaban J connectivity index is 1.19. The van der Waals surface area contributed by atoms with Gasteiger partial charge in [-0.15, -0.1) is 0 Å². The highest BCUT2D eigenvalue weighted by Crippen LogP contribution is 2.35. The normalized spacial score (nSPS) is 14.4. The van der Waals surface area contributed by atoms with Crippen LogP contribution in [0.15, 0.2) is 102 Å². The minimum absolute atomic E-state index is 0.245. The quantitative estimate of drug-likeness (QED) is 0.181. The van der Waals surface area contributed by atoms with E-state index in [0.717, 1.165) is 62.0 Å². The number of rotatable bonds is 7. The number of nitrogens with zero attached hydrogens (tertiary/aromatic N) is 2. The zero-order valence-corrected chi connectivity index (χ0v) is 24.2. The van der Waals surface area contributed by atoms with Crippen LogP contribution in [0.25, 0.3) is 22.5 Å². The summed E-state index contributed by atoms with van der Waals surface area (Å²) in [5.41, 5.74) is 5.90. The van der Waals surface area contributed by atoms with Gasteiger partial charge in [-0.3, -0.25) is 14.5 Å². The van der Waals surface area contributed by atoms with Crippen LogP contribution in [0.1, 0.15) is 28.1 Å². The monoisotopic (exact) mass is 578 g/mol. The van der Waals surface area contributed by atoms with E-state index in [0.29, 0.717) is 16.5 Å². The Bertz CT molecular complexity index is 1800. The first-order chi connectivity index (χ1) is 19.9. The summed E-state index contributed by atoms with van der Waals surface area (Å²) < 4.78 is 8.07. The first-order valence-corrected chi connectivity index (χ1v) is 14.5. The van der Waals surface area contributed by atoms with Gasteiger partial charge in [0.25, 0.3) is 11.1 Å². The standard InChI is InChI=1S/C34H27ClN2O3S/c1-22-18-27(23(2)37(22)29-14-16-30(17-15-29)40-21-24-10-12-28(35)13-11-24)19-32-33(38)36(34(39)41-32)20-26-8-5-7-25-6-3-4-9-31(25)26/h3-19H,20-21H2,1-2H3/b32-19+. The van der Waals surface area contributed by atoms with Gasteiger partial charge in [-0.1, -0.05) is 66.2 Å². The third-order valence-electron chi connectivity index (χ3n) is 7.25. The summed E-state index contributed by atoms with van der Waals surface area (Å²) in [7, 11) is 0. The second-order valence-corrected chi connectivity index (χ2v) is 11.4. The molecule has 0 aliphatic carbocycles. The van der Waals surface area contributed by atoms with Crippen LogP contribution < -0.4 is 4.74 Å². The summed E-state index contributed by atoms with van der Waals surface area (Å²) in [6, 6.07) is 31.5. The van der Waals surface area contributed by atoms with Crippen molar-refractivity contribution in [3.8, 4) is 11.4 Å². The van der Waals surface area contributed by atoms with Crippen molar-refractivity contribution in [3.05, 3.63) is 135 Å². The number of carbonyl (C=O) groups excluding carboxylic acids is 2. The predicted molar refractivity (Wildman–Crippen MR) is 166 cm³/mol. The highest BCUT2D eigenvalue weighted by atomic mass is 35.5. The molecule has 0 spiro atoms. The number of aromatic nitrogens is 1. The zero-order chi connectivity index (χ0) is 28.5. The average molecular weight is 579 g/mol. The average Bonchev–Trinajstić information content (AvgIpc) is 3.41. The Morgan fingerprint density at radius 1 is 0.878 bits per heavy atom. The smallest absolute Gasteiger partial charge is 0.293 e. The lowest BCUT2D eigenvalue weighted by atomic mass is 10.0. The molecule has 7 heteroatoms. The van der Waals surface area contributed by atoms with Crippen molar-refractivity contribution >= 4 is 51.4 Å². The number of halogens is 1. The second-order valence-electron chi connectivity index (χ2n) is 9.98. The van der Waals surface area contributed by atoms with Crippen LogP contribution in [-0.4, -0.2) is 20.6 Å². The summed E-state index contributed by atoms with van der Waals surface area (Å²) in [4.78, 5) is 28.0. The molecule has 1 fully saturated rings. The summed E-state index contributed by atoms with van der Waals surface area (Å²) in [6.07, 6.45) is 1.83. The minimum atomic E-state index is -0.264. The number of fused-ring (bicyclic) bond motifs is 1. The maximum Gasteiger partial charge on any atom is 0.293 e. The van der Waals surface area contributed by atoms with Crippen molar-refractivity contribution in [2.45, 2.75) is 27.0 Å². The highest BCUT2D eigenvalue weighted by Gasteiger charge is 2.35. The van der Waals surface area contributed by atoms with E-state index in [-0.39, 0.29) is 17.7 Å². The number of aryl methyl sites for hydroxylation is 1. The third-order valence-corrected chi connectivity index (χ3v) is 8.41. The topological polar surface area (TPSA) is 51.5 Å². The molecular weight excluding hydrogens is 552 g/mol. The van der Waals surface area contributed by atoms with Crippen LogP contribution in [0.5, 0.6) is 5.75 Å². The van der Waals surface area contributed by atoms with Gasteiger partial charge in [-0.25, -0.2) is 0 Å². The second kappa shape index (κ2) is 11.3. The van der Waals surface area contributed by atoms with E-state index in [1.54, 1.807) is 0 Å². The van der Waals surface area contributed by atoms with Crippen LogP contribution >= 0.6 is 23.4 Å². The first kappa shape index (κ1) is 26.9.